The SMILES string of the molecule is FC(F)(F)c1cc(NCCc2cccnc2)ccc1Cl. The molecule has 0 aliphatic heterocycles. The quantitative estimate of drug-likeness (QED) is 0.905. The molecule has 1 N–H and O–H groups in total. The maximum Gasteiger partial charge on any atom is 0.417 e. The Hall–Kier alpha value is -1.75. The summed E-state index contributed by atoms with van der Waals surface area (Å²) >= 11 is 5.55. The lowest BCUT2D eigenvalue weighted by Gasteiger charge is -2.12. The van der Waals surface area contributed by atoms with Gasteiger partial charge in [-0.2, -0.15) is 13.2 Å². The van der Waals surface area contributed by atoms with E-state index in [1.54, 1.807) is 12.4 Å². The molecule has 0 bridgehead atoms. The van der Waals surface area contributed by atoms with Crippen LogP contribution in [0.25, 0.3) is 0 Å². The van der Waals surface area contributed by atoms with Gasteiger partial charge in [0.25, 0.3) is 0 Å². The lowest BCUT2D eigenvalue weighted by molar-refractivity contribution is -0.137. The molecule has 1 aromatic carbocycles. The summed E-state index contributed by atoms with van der Waals surface area (Å²) in [5.74, 6) is 0. The van der Waals surface area contributed by atoms with Gasteiger partial charge in [0.2, 0.25) is 0 Å². The van der Waals surface area contributed by atoms with Crippen LogP contribution in [0.1, 0.15) is 11.1 Å². The summed E-state index contributed by atoms with van der Waals surface area (Å²) in [5.41, 5.74) is 0.584. The first-order valence-corrected chi connectivity index (χ1v) is 6.34. The second kappa shape index (κ2) is 6.13. The molecule has 1 heterocycles. The fraction of sp³-hybridized carbons (Fsp3) is 0.214. The summed E-state index contributed by atoms with van der Waals surface area (Å²) < 4.78 is 38.1. The molecule has 0 unspecified atom stereocenters. The number of nitrogens with one attached hydrogen (secondary N) is 1. The Morgan fingerprint density at radius 2 is 2.00 bits per heavy atom. The number of hydrogen-bond acceptors (Lipinski definition) is 2. The molecular weight excluding hydrogens is 289 g/mol. The van der Waals surface area contributed by atoms with Gasteiger partial charge in [0, 0.05) is 24.6 Å². The minimum atomic E-state index is -4.45. The van der Waals surface area contributed by atoms with Crippen molar-refractivity contribution in [3.05, 3.63) is 58.9 Å². The van der Waals surface area contributed by atoms with Crippen molar-refractivity contribution in [3.63, 3.8) is 0 Å². The summed E-state index contributed by atoms with van der Waals surface area (Å²) in [6, 6.07) is 7.53. The monoisotopic (exact) mass is 300 g/mol. The Bertz CT molecular complexity index is 570. The Morgan fingerprint density at radius 3 is 2.65 bits per heavy atom. The molecule has 0 aliphatic carbocycles. The summed E-state index contributed by atoms with van der Waals surface area (Å²) in [4.78, 5) is 3.97. The average molecular weight is 301 g/mol. The van der Waals surface area contributed by atoms with E-state index in [0.29, 0.717) is 18.7 Å². The van der Waals surface area contributed by atoms with E-state index in [0.717, 1.165) is 11.6 Å². The van der Waals surface area contributed by atoms with Crippen LogP contribution in [0.4, 0.5) is 18.9 Å². The number of alkyl halides is 3. The predicted octanol–water partition coefficient (Wildman–Crippen LogP) is 4.41. The first-order chi connectivity index (χ1) is 9.47. The standard InChI is InChI=1S/C14H12ClF3N2/c15-13-4-3-11(8-12(13)14(16,17)18)20-7-5-10-2-1-6-19-9-10/h1-4,6,8-9,20H,5,7H2. The topological polar surface area (TPSA) is 24.9 Å². The molecule has 1 aromatic heterocycles. The highest BCUT2D eigenvalue weighted by atomic mass is 35.5. The van der Waals surface area contributed by atoms with E-state index in [9.17, 15) is 13.2 Å². The van der Waals surface area contributed by atoms with Gasteiger partial charge in [-0.25, -0.2) is 0 Å². The third kappa shape index (κ3) is 3.87. The van der Waals surface area contributed by atoms with Crippen LogP contribution in [0.15, 0.2) is 42.7 Å². The lowest BCUT2D eigenvalue weighted by atomic mass is 10.1. The number of halogens is 4. The van der Waals surface area contributed by atoms with E-state index in [-0.39, 0.29) is 5.02 Å². The second-order valence-electron chi connectivity index (χ2n) is 4.23. The van der Waals surface area contributed by atoms with Gasteiger partial charge in [0.15, 0.2) is 0 Å². The van der Waals surface area contributed by atoms with Crippen LogP contribution in [0, 0.1) is 0 Å². The summed E-state index contributed by atoms with van der Waals surface area (Å²) in [6.07, 6.45) is -0.369. The average Bonchev–Trinajstić information content (AvgIpc) is 2.40. The molecular formula is C14H12ClF3N2. The van der Waals surface area contributed by atoms with Gasteiger partial charge >= 0.3 is 6.18 Å². The number of nitrogens with zero attached hydrogens (tertiary/aromatic N) is 1. The third-order valence-corrected chi connectivity index (χ3v) is 3.07. The number of pyridine rings is 1. The normalized spacial score (nSPS) is 11.4. The highest BCUT2D eigenvalue weighted by molar-refractivity contribution is 6.31. The van der Waals surface area contributed by atoms with Gasteiger partial charge in [-0.1, -0.05) is 17.7 Å². The van der Waals surface area contributed by atoms with Crippen molar-refractivity contribution in [1.29, 1.82) is 0 Å². The molecule has 2 rings (SSSR count). The van der Waals surface area contributed by atoms with Gasteiger partial charge in [-0.3, -0.25) is 4.98 Å². The largest absolute Gasteiger partial charge is 0.417 e. The van der Waals surface area contributed by atoms with Crippen LogP contribution < -0.4 is 5.32 Å². The van der Waals surface area contributed by atoms with E-state index in [1.807, 2.05) is 12.1 Å². The Kier molecular flexibility index (Phi) is 4.49. The molecule has 0 spiro atoms. The molecule has 0 fully saturated rings. The minimum absolute atomic E-state index is 0.296. The molecule has 0 radical (unpaired) electrons. The van der Waals surface area contributed by atoms with Crippen molar-refractivity contribution < 1.29 is 13.2 Å². The molecule has 0 saturated heterocycles. The van der Waals surface area contributed by atoms with Crippen LogP contribution in [0.2, 0.25) is 5.02 Å². The summed E-state index contributed by atoms with van der Waals surface area (Å²) in [5, 5.41) is 2.65. The van der Waals surface area contributed by atoms with Crippen molar-refractivity contribution in [1.82, 2.24) is 4.98 Å². The molecule has 2 aromatic rings. The van der Waals surface area contributed by atoms with Crippen LogP contribution in [-0.2, 0) is 12.6 Å². The fourth-order valence-electron chi connectivity index (χ4n) is 1.75. The van der Waals surface area contributed by atoms with Crippen molar-refractivity contribution in [2.45, 2.75) is 12.6 Å². The second-order valence-corrected chi connectivity index (χ2v) is 4.64. The van der Waals surface area contributed by atoms with Crippen molar-refractivity contribution in [3.8, 4) is 0 Å². The highest BCUT2D eigenvalue weighted by Gasteiger charge is 2.33. The van der Waals surface area contributed by atoms with Crippen molar-refractivity contribution in [2.75, 3.05) is 11.9 Å². The molecule has 2 nitrogen and oxygen atoms in total. The lowest BCUT2D eigenvalue weighted by Crippen LogP contribution is -2.09. The summed E-state index contributed by atoms with van der Waals surface area (Å²) in [6.45, 7) is 0.518. The number of rotatable bonds is 4. The summed E-state index contributed by atoms with van der Waals surface area (Å²) in [7, 11) is 0. The minimum Gasteiger partial charge on any atom is -0.385 e. The van der Waals surface area contributed by atoms with Crippen LogP contribution >= 0.6 is 11.6 Å². The van der Waals surface area contributed by atoms with E-state index in [2.05, 4.69) is 10.3 Å². The smallest absolute Gasteiger partial charge is 0.385 e. The van der Waals surface area contributed by atoms with E-state index in [1.165, 1.54) is 12.1 Å². The van der Waals surface area contributed by atoms with E-state index in [4.69, 9.17) is 11.6 Å². The van der Waals surface area contributed by atoms with E-state index >= 15 is 0 Å². The molecule has 20 heavy (non-hydrogen) atoms. The zero-order chi connectivity index (χ0) is 14.6. The van der Waals surface area contributed by atoms with Gasteiger partial charge in [0.05, 0.1) is 10.6 Å². The fourth-order valence-corrected chi connectivity index (χ4v) is 1.97. The van der Waals surface area contributed by atoms with Crippen molar-refractivity contribution in [2.24, 2.45) is 0 Å². The zero-order valence-corrected chi connectivity index (χ0v) is 11.2. The van der Waals surface area contributed by atoms with Gasteiger partial charge in [-0.15, -0.1) is 0 Å². The Labute approximate surface area is 119 Å². The van der Waals surface area contributed by atoms with Gasteiger partial charge < -0.3 is 5.32 Å². The predicted molar refractivity (Wildman–Crippen MR) is 72.9 cm³/mol. The molecule has 0 atom stereocenters. The van der Waals surface area contributed by atoms with Gasteiger partial charge in [0.1, 0.15) is 0 Å². The zero-order valence-electron chi connectivity index (χ0n) is 10.4. The Balaban J connectivity index is 2.00. The Morgan fingerprint density at radius 1 is 1.20 bits per heavy atom. The first-order valence-electron chi connectivity index (χ1n) is 5.96. The third-order valence-electron chi connectivity index (χ3n) is 2.74. The molecule has 0 saturated carbocycles. The maximum absolute atomic E-state index is 12.7. The number of hydrogen-bond donors (Lipinski definition) is 1. The molecule has 0 aliphatic rings. The molecule has 0 amide bonds. The van der Waals surface area contributed by atoms with E-state index < -0.39 is 11.7 Å². The molecule has 106 valence electrons. The highest BCUT2D eigenvalue weighted by Crippen LogP contribution is 2.36. The number of aromatic nitrogens is 1. The molecule has 6 heteroatoms. The maximum atomic E-state index is 12.7. The van der Waals surface area contributed by atoms with Crippen LogP contribution in [0.5, 0.6) is 0 Å². The van der Waals surface area contributed by atoms with Crippen LogP contribution in [-0.4, -0.2) is 11.5 Å². The number of benzene rings is 1. The van der Waals surface area contributed by atoms with Gasteiger partial charge in [-0.05, 0) is 36.2 Å². The first kappa shape index (κ1) is 14.7. The van der Waals surface area contributed by atoms with Crippen molar-refractivity contribution >= 4 is 17.3 Å². The number of anilines is 1. The van der Waals surface area contributed by atoms with Crippen LogP contribution in [0.3, 0.4) is 0 Å².